The Morgan fingerprint density at radius 2 is 1.70 bits per heavy atom. The number of hydrogen-bond acceptors (Lipinski definition) is 2. The van der Waals surface area contributed by atoms with Crippen LogP contribution in [0.5, 0.6) is 0 Å². The molecule has 0 aliphatic carbocycles. The molecular weight excluding hydrogens is 246 g/mol. The van der Waals surface area contributed by atoms with Crippen LogP contribution in [0.4, 0.5) is 0 Å². The van der Waals surface area contributed by atoms with Crippen molar-refractivity contribution in [2.24, 2.45) is 0 Å². The molecular formula is C18H19NO. The van der Waals surface area contributed by atoms with Gasteiger partial charge in [0.25, 0.3) is 0 Å². The summed E-state index contributed by atoms with van der Waals surface area (Å²) < 4.78 is 0. The van der Waals surface area contributed by atoms with Crippen LogP contribution in [0.15, 0.2) is 48.5 Å². The fourth-order valence-corrected chi connectivity index (χ4v) is 2.79. The van der Waals surface area contributed by atoms with Crippen LogP contribution in [0.1, 0.15) is 28.8 Å². The Balaban J connectivity index is 1.76. The normalized spacial score (nSPS) is 15.4. The number of rotatable bonds is 4. The summed E-state index contributed by atoms with van der Waals surface area (Å²) in [7, 11) is 0. The molecule has 102 valence electrons. The Morgan fingerprint density at radius 1 is 0.950 bits per heavy atom. The zero-order chi connectivity index (χ0) is 13.8. The molecule has 2 heteroatoms. The molecule has 0 spiro atoms. The maximum absolute atomic E-state index is 10.8. The quantitative estimate of drug-likeness (QED) is 0.784. The van der Waals surface area contributed by atoms with E-state index in [1.54, 1.807) is 0 Å². The Hall–Kier alpha value is -1.93. The molecule has 1 saturated heterocycles. The van der Waals surface area contributed by atoms with Crippen molar-refractivity contribution in [1.82, 2.24) is 4.90 Å². The van der Waals surface area contributed by atoms with Gasteiger partial charge in [-0.05, 0) is 48.7 Å². The Labute approximate surface area is 120 Å². The number of likely N-dealkylation sites (tertiary alicyclic amines) is 1. The standard InChI is InChI=1S/C18H19NO/c20-14-16-4-3-5-18(12-16)17-8-6-15(7-9-17)13-19-10-1-2-11-19/h3-9,12,14H,1-2,10-11,13H2. The van der Waals surface area contributed by atoms with Gasteiger partial charge in [0.05, 0.1) is 0 Å². The molecule has 0 aromatic heterocycles. The van der Waals surface area contributed by atoms with Gasteiger partial charge in [0.1, 0.15) is 6.29 Å². The smallest absolute Gasteiger partial charge is 0.150 e. The zero-order valence-corrected chi connectivity index (χ0v) is 11.6. The van der Waals surface area contributed by atoms with Crippen LogP contribution in [0, 0.1) is 0 Å². The van der Waals surface area contributed by atoms with E-state index in [9.17, 15) is 4.79 Å². The highest BCUT2D eigenvalue weighted by molar-refractivity contribution is 5.78. The van der Waals surface area contributed by atoms with Crippen molar-refractivity contribution in [3.63, 3.8) is 0 Å². The fourth-order valence-electron chi connectivity index (χ4n) is 2.79. The lowest BCUT2D eigenvalue weighted by Gasteiger charge is -2.14. The molecule has 1 heterocycles. The van der Waals surface area contributed by atoms with E-state index in [4.69, 9.17) is 0 Å². The predicted octanol–water partition coefficient (Wildman–Crippen LogP) is 3.76. The van der Waals surface area contributed by atoms with Crippen molar-refractivity contribution in [3.05, 3.63) is 59.7 Å². The van der Waals surface area contributed by atoms with Gasteiger partial charge >= 0.3 is 0 Å². The Kier molecular flexibility index (Phi) is 3.93. The molecule has 3 rings (SSSR count). The number of carbonyl (C=O) groups excluding carboxylic acids is 1. The third-order valence-corrected chi connectivity index (χ3v) is 3.91. The molecule has 1 fully saturated rings. The fraction of sp³-hybridized carbons (Fsp3) is 0.278. The van der Waals surface area contributed by atoms with Gasteiger partial charge in [-0.15, -0.1) is 0 Å². The maximum Gasteiger partial charge on any atom is 0.150 e. The largest absolute Gasteiger partial charge is 0.299 e. The highest BCUT2D eigenvalue weighted by atomic mass is 16.1. The molecule has 0 bridgehead atoms. The second-order valence-electron chi connectivity index (χ2n) is 5.42. The van der Waals surface area contributed by atoms with Gasteiger partial charge < -0.3 is 0 Å². The molecule has 2 aromatic carbocycles. The van der Waals surface area contributed by atoms with Crippen molar-refractivity contribution >= 4 is 6.29 Å². The molecule has 0 atom stereocenters. The van der Waals surface area contributed by atoms with Crippen molar-refractivity contribution in [1.29, 1.82) is 0 Å². The highest BCUT2D eigenvalue weighted by Gasteiger charge is 2.11. The van der Waals surface area contributed by atoms with Crippen molar-refractivity contribution < 1.29 is 4.79 Å². The van der Waals surface area contributed by atoms with Crippen molar-refractivity contribution in [2.45, 2.75) is 19.4 Å². The van der Waals surface area contributed by atoms with E-state index in [1.807, 2.05) is 24.3 Å². The van der Waals surface area contributed by atoms with Crippen LogP contribution >= 0.6 is 0 Å². The molecule has 2 nitrogen and oxygen atoms in total. The summed E-state index contributed by atoms with van der Waals surface area (Å²) in [5, 5.41) is 0. The third kappa shape index (κ3) is 2.97. The summed E-state index contributed by atoms with van der Waals surface area (Å²) in [6.07, 6.45) is 3.55. The molecule has 0 N–H and O–H groups in total. The van der Waals surface area contributed by atoms with E-state index in [0.29, 0.717) is 0 Å². The minimum absolute atomic E-state index is 0.726. The maximum atomic E-state index is 10.8. The first-order valence-corrected chi connectivity index (χ1v) is 7.22. The van der Waals surface area contributed by atoms with E-state index >= 15 is 0 Å². The van der Waals surface area contributed by atoms with E-state index in [1.165, 1.54) is 37.1 Å². The number of nitrogens with zero attached hydrogens (tertiary/aromatic N) is 1. The van der Waals surface area contributed by atoms with Gasteiger partial charge in [0.2, 0.25) is 0 Å². The van der Waals surface area contributed by atoms with Crippen LogP contribution in [0.3, 0.4) is 0 Å². The summed E-state index contributed by atoms with van der Waals surface area (Å²) in [4.78, 5) is 13.3. The third-order valence-electron chi connectivity index (χ3n) is 3.91. The van der Waals surface area contributed by atoms with Gasteiger partial charge in [-0.3, -0.25) is 9.69 Å². The lowest BCUT2D eigenvalue weighted by Crippen LogP contribution is -2.18. The molecule has 0 saturated carbocycles. The molecule has 0 radical (unpaired) electrons. The van der Waals surface area contributed by atoms with Crippen molar-refractivity contribution in [3.8, 4) is 11.1 Å². The first-order chi connectivity index (χ1) is 9.85. The monoisotopic (exact) mass is 265 g/mol. The number of aldehydes is 1. The molecule has 0 amide bonds. The van der Waals surface area contributed by atoms with Crippen LogP contribution in [-0.4, -0.2) is 24.3 Å². The Bertz CT molecular complexity index is 583. The van der Waals surface area contributed by atoms with Gasteiger partial charge in [-0.1, -0.05) is 42.5 Å². The summed E-state index contributed by atoms with van der Waals surface area (Å²) in [5.41, 5.74) is 4.35. The van der Waals surface area contributed by atoms with E-state index in [-0.39, 0.29) is 0 Å². The summed E-state index contributed by atoms with van der Waals surface area (Å²) in [6, 6.07) is 16.4. The summed E-state index contributed by atoms with van der Waals surface area (Å²) in [5.74, 6) is 0. The van der Waals surface area contributed by atoms with Crippen molar-refractivity contribution in [2.75, 3.05) is 13.1 Å². The first kappa shape index (κ1) is 13.1. The van der Waals surface area contributed by atoms with E-state index in [2.05, 4.69) is 29.2 Å². The topological polar surface area (TPSA) is 20.3 Å². The SMILES string of the molecule is O=Cc1cccc(-c2ccc(CN3CCCC3)cc2)c1. The van der Waals surface area contributed by atoms with Gasteiger partial charge in [-0.2, -0.15) is 0 Å². The Morgan fingerprint density at radius 3 is 2.40 bits per heavy atom. The predicted molar refractivity (Wildman–Crippen MR) is 81.8 cm³/mol. The highest BCUT2D eigenvalue weighted by Crippen LogP contribution is 2.21. The van der Waals surface area contributed by atoms with Gasteiger partial charge in [0, 0.05) is 12.1 Å². The average molecular weight is 265 g/mol. The minimum Gasteiger partial charge on any atom is -0.299 e. The van der Waals surface area contributed by atoms with E-state index < -0.39 is 0 Å². The molecule has 0 unspecified atom stereocenters. The van der Waals surface area contributed by atoms with E-state index in [0.717, 1.165) is 24.0 Å². The van der Waals surface area contributed by atoms with Crippen LogP contribution in [0.2, 0.25) is 0 Å². The van der Waals surface area contributed by atoms with Crippen LogP contribution in [-0.2, 0) is 6.54 Å². The summed E-state index contributed by atoms with van der Waals surface area (Å²) >= 11 is 0. The second-order valence-corrected chi connectivity index (χ2v) is 5.42. The van der Waals surface area contributed by atoms with Gasteiger partial charge in [-0.25, -0.2) is 0 Å². The molecule has 1 aliphatic heterocycles. The minimum atomic E-state index is 0.726. The number of carbonyl (C=O) groups is 1. The summed E-state index contributed by atoms with van der Waals surface area (Å²) in [6.45, 7) is 3.50. The first-order valence-electron chi connectivity index (χ1n) is 7.22. The zero-order valence-electron chi connectivity index (χ0n) is 11.6. The molecule has 1 aliphatic rings. The second kappa shape index (κ2) is 6.02. The number of benzene rings is 2. The van der Waals surface area contributed by atoms with Crippen LogP contribution in [0.25, 0.3) is 11.1 Å². The lowest BCUT2D eigenvalue weighted by molar-refractivity contribution is 0.112. The molecule has 2 aromatic rings. The lowest BCUT2D eigenvalue weighted by atomic mass is 10.0. The van der Waals surface area contributed by atoms with Crippen LogP contribution < -0.4 is 0 Å². The average Bonchev–Trinajstić information content (AvgIpc) is 3.01. The van der Waals surface area contributed by atoms with Gasteiger partial charge in [0.15, 0.2) is 0 Å². The number of hydrogen-bond donors (Lipinski definition) is 0. The molecule has 20 heavy (non-hydrogen) atoms.